The maximum Gasteiger partial charge on any atom is 0.417 e. The summed E-state index contributed by atoms with van der Waals surface area (Å²) >= 11 is 5.55. The lowest BCUT2D eigenvalue weighted by Gasteiger charge is -2.28. The third kappa shape index (κ3) is 3.44. The van der Waals surface area contributed by atoms with Gasteiger partial charge in [-0.3, -0.25) is 0 Å². The van der Waals surface area contributed by atoms with E-state index in [2.05, 4.69) is 4.72 Å². The number of benzene rings is 1. The lowest BCUT2D eigenvalue weighted by atomic mass is 9.84. The van der Waals surface area contributed by atoms with Gasteiger partial charge in [0, 0.05) is 6.04 Å². The van der Waals surface area contributed by atoms with E-state index in [-0.39, 0.29) is 12.0 Å². The van der Waals surface area contributed by atoms with Crippen LogP contribution < -0.4 is 4.72 Å². The fraction of sp³-hybridized carbons (Fsp3) is 0.625. The highest BCUT2D eigenvalue weighted by Gasteiger charge is 2.43. The molecule has 134 valence electrons. The van der Waals surface area contributed by atoms with Crippen LogP contribution in [0.3, 0.4) is 0 Å². The van der Waals surface area contributed by atoms with Crippen LogP contribution in [0.15, 0.2) is 23.1 Å². The second-order valence-corrected chi connectivity index (χ2v) is 9.01. The van der Waals surface area contributed by atoms with Crippen molar-refractivity contribution in [2.75, 3.05) is 0 Å². The predicted octanol–water partition coefficient (Wildman–Crippen LogP) is 4.46. The summed E-state index contributed by atoms with van der Waals surface area (Å²) in [4.78, 5) is -0.408. The monoisotopic (exact) mass is 381 g/mol. The fourth-order valence-corrected chi connectivity index (χ4v) is 5.74. The summed E-state index contributed by atoms with van der Waals surface area (Å²) in [5.74, 6) is 1.44. The number of hydrogen-bond acceptors (Lipinski definition) is 2. The van der Waals surface area contributed by atoms with Crippen LogP contribution >= 0.6 is 11.6 Å². The zero-order valence-corrected chi connectivity index (χ0v) is 14.7. The number of hydrogen-bond donors (Lipinski definition) is 1. The Morgan fingerprint density at radius 1 is 1.25 bits per heavy atom. The van der Waals surface area contributed by atoms with Crippen molar-refractivity contribution in [2.24, 2.45) is 17.8 Å². The van der Waals surface area contributed by atoms with E-state index in [1.807, 2.05) is 0 Å². The molecule has 2 aliphatic carbocycles. The minimum Gasteiger partial charge on any atom is -0.208 e. The molecule has 4 atom stereocenters. The standard InChI is InChI=1S/C16H19ClF3NO2S/c1-9(13-7-10-2-3-11(13)6-10)21-24(22,23)12-4-5-15(17)14(8-12)16(18,19)20/h4-5,8-11,13,21H,2-3,6-7H2,1H3. The van der Waals surface area contributed by atoms with Crippen LogP contribution in [0.4, 0.5) is 13.2 Å². The first-order chi connectivity index (χ1) is 11.1. The summed E-state index contributed by atoms with van der Waals surface area (Å²) in [5, 5.41) is -0.511. The average Bonchev–Trinajstić information content (AvgIpc) is 3.08. The molecule has 2 fully saturated rings. The SMILES string of the molecule is CC(NS(=O)(=O)c1ccc(Cl)c(C(F)(F)F)c1)C1CC2CCC1C2. The molecular formula is C16H19ClF3NO2S. The Balaban J connectivity index is 1.80. The van der Waals surface area contributed by atoms with Crippen molar-refractivity contribution < 1.29 is 21.6 Å². The van der Waals surface area contributed by atoms with Gasteiger partial charge in [0.2, 0.25) is 10.0 Å². The number of halogens is 4. The van der Waals surface area contributed by atoms with E-state index in [1.54, 1.807) is 6.92 Å². The van der Waals surface area contributed by atoms with E-state index in [0.717, 1.165) is 31.4 Å². The predicted molar refractivity (Wildman–Crippen MR) is 85.2 cm³/mol. The van der Waals surface area contributed by atoms with Gasteiger partial charge >= 0.3 is 6.18 Å². The smallest absolute Gasteiger partial charge is 0.208 e. The molecule has 0 spiro atoms. The Labute approximate surface area is 144 Å². The molecule has 2 bridgehead atoms. The largest absolute Gasteiger partial charge is 0.417 e. The highest BCUT2D eigenvalue weighted by molar-refractivity contribution is 7.89. The summed E-state index contributed by atoms with van der Waals surface area (Å²) in [5.41, 5.74) is -1.14. The van der Waals surface area contributed by atoms with Gasteiger partial charge in [0.25, 0.3) is 0 Å². The van der Waals surface area contributed by atoms with E-state index < -0.39 is 31.7 Å². The molecule has 1 N–H and O–H groups in total. The molecule has 0 heterocycles. The van der Waals surface area contributed by atoms with E-state index in [9.17, 15) is 21.6 Å². The lowest BCUT2D eigenvalue weighted by Crippen LogP contribution is -2.40. The van der Waals surface area contributed by atoms with Gasteiger partial charge in [-0.05, 0) is 62.1 Å². The highest BCUT2D eigenvalue weighted by Crippen LogP contribution is 2.49. The van der Waals surface area contributed by atoms with E-state index in [4.69, 9.17) is 11.6 Å². The first-order valence-electron chi connectivity index (χ1n) is 7.97. The van der Waals surface area contributed by atoms with Crippen molar-refractivity contribution in [3.8, 4) is 0 Å². The second kappa shape index (κ2) is 6.18. The molecule has 0 saturated heterocycles. The topological polar surface area (TPSA) is 46.2 Å². The van der Waals surface area contributed by atoms with Crippen LogP contribution in [0.25, 0.3) is 0 Å². The van der Waals surface area contributed by atoms with Gasteiger partial charge in [-0.2, -0.15) is 13.2 Å². The third-order valence-corrected chi connectivity index (χ3v) is 7.22. The Kier molecular flexibility index (Phi) is 4.64. The number of sulfonamides is 1. The van der Waals surface area contributed by atoms with Crippen molar-refractivity contribution in [2.45, 2.75) is 49.7 Å². The summed E-state index contributed by atoms with van der Waals surface area (Å²) < 4.78 is 66.3. The highest BCUT2D eigenvalue weighted by atomic mass is 35.5. The van der Waals surface area contributed by atoms with Crippen LogP contribution in [0.1, 0.15) is 38.2 Å². The van der Waals surface area contributed by atoms with Crippen molar-refractivity contribution >= 4 is 21.6 Å². The molecule has 8 heteroatoms. The second-order valence-electron chi connectivity index (χ2n) is 6.89. The molecule has 3 rings (SSSR count). The molecule has 3 nitrogen and oxygen atoms in total. The minimum atomic E-state index is -4.70. The molecular weight excluding hydrogens is 363 g/mol. The van der Waals surface area contributed by atoms with Gasteiger partial charge in [-0.25, -0.2) is 13.1 Å². The number of alkyl halides is 3. The quantitative estimate of drug-likeness (QED) is 0.836. The molecule has 0 aromatic heterocycles. The number of rotatable bonds is 4. The molecule has 1 aromatic carbocycles. The van der Waals surface area contributed by atoms with E-state index in [1.165, 1.54) is 6.42 Å². The first kappa shape index (κ1) is 18.0. The van der Waals surface area contributed by atoms with Gasteiger partial charge in [0.15, 0.2) is 0 Å². The van der Waals surface area contributed by atoms with Crippen LogP contribution in [0, 0.1) is 17.8 Å². The number of nitrogens with one attached hydrogen (secondary N) is 1. The van der Waals surface area contributed by atoms with Crippen molar-refractivity contribution in [3.63, 3.8) is 0 Å². The van der Waals surface area contributed by atoms with Crippen molar-refractivity contribution in [1.82, 2.24) is 4.72 Å². The van der Waals surface area contributed by atoms with Gasteiger partial charge in [0.05, 0.1) is 15.5 Å². The van der Waals surface area contributed by atoms with E-state index >= 15 is 0 Å². The Bertz CT molecular complexity index is 735. The zero-order chi connectivity index (χ0) is 17.7. The Morgan fingerprint density at radius 3 is 2.50 bits per heavy atom. The van der Waals surface area contributed by atoms with Gasteiger partial charge < -0.3 is 0 Å². The van der Waals surface area contributed by atoms with Gasteiger partial charge in [0.1, 0.15) is 0 Å². The van der Waals surface area contributed by atoms with E-state index in [0.29, 0.717) is 17.9 Å². The van der Waals surface area contributed by atoms with Crippen molar-refractivity contribution in [1.29, 1.82) is 0 Å². The molecule has 24 heavy (non-hydrogen) atoms. The maximum absolute atomic E-state index is 12.9. The Morgan fingerprint density at radius 2 is 1.96 bits per heavy atom. The van der Waals surface area contributed by atoms with Crippen LogP contribution in [-0.4, -0.2) is 14.5 Å². The molecule has 2 saturated carbocycles. The molecule has 0 amide bonds. The zero-order valence-electron chi connectivity index (χ0n) is 13.1. The minimum absolute atomic E-state index is 0.257. The summed E-state index contributed by atoms with van der Waals surface area (Å²) in [6.07, 6.45) is -0.259. The van der Waals surface area contributed by atoms with Crippen molar-refractivity contribution in [3.05, 3.63) is 28.8 Å². The molecule has 4 unspecified atom stereocenters. The molecule has 0 aliphatic heterocycles. The lowest BCUT2D eigenvalue weighted by molar-refractivity contribution is -0.137. The first-order valence-corrected chi connectivity index (χ1v) is 9.83. The van der Waals surface area contributed by atoms with Gasteiger partial charge in [-0.1, -0.05) is 18.0 Å². The summed E-state index contributed by atoms with van der Waals surface area (Å²) in [6, 6.07) is 2.38. The average molecular weight is 382 g/mol. The summed E-state index contributed by atoms with van der Waals surface area (Å²) in [7, 11) is -4.02. The molecule has 0 radical (unpaired) electrons. The summed E-state index contributed by atoms with van der Waals surface area (Å²) in [6.45, 7) is 1.80. The number of fused-ring (bicyclic) bond motifs is 2. The molecule has 2 aliphatic rings. The third-order valence-electron chi connectivity index (χ3n) is 5.33. The fourth-order valence-electron chi connectivity index (χ4n) is 4.20. The van der Waals surface area contributed by atoms with Crippen LogP contribution in [0.2, 0.25) is 5.02 Å². The van der Waals surface area contributed by atoms with Gasteiger partial charge in [-0.15, -0.1) is 0 Å². The maximum atomic E-state index is 12.9. The molecule has 1 aromatic rings. The Hall–Kier alpha value is -0.790. The van der Waals surface area contributed by atoms with Crippen LogP contribution in [-0.2, 0) is 16.2 Å². The van der Waals surface area contributed by atoms with Crippen LogP contribution in [0.5, 0.6) is 0 Å². The normalized spacial score (nSPS) is 28.3.